The summed E-state index contributed by atoms with van der Waals surface area (Å²) in [5.41, 5.74) is 1.70. The highest BCUT2D eigenvalue weighted by molar-refractivity contribution is 14.1. The standard InChI is InChI=1S/C22H23IN2O5/c23-17-10-5-4-9-16(17)13-18(21(27)28)24-20(26)19-11-6-12-25(19)22(29)30-14-15-7-2-1-3-8-15/h1-5,7-10,18-19H,6,11-14H2,(H,24,26)(H,27,28)/t18-,19-/m1/s1. The number of benzene rings is 2. The first-order valence-electron chi connectivity index (χ1n) is 9.69. The number of ether oxygens (including phenoxy) is 1. The lowest BCUT2D eigenvalue weighted by Gasteiger charge is -2.25. The molecule has 1 saturated heterocycles. The van der Waals surface area contributed by atoms with Gasteiger partial charge in [0.1, 0.15) is 18.7 Å². The molecule has 0 aromatic heterocycles. The zero-order chi connectivity index (χ0) is 21.5. The van der Waals surface area contributed by atoms with Gasteiger partial charge >= 0.3 is 12.1 Å². The van der Waals surface area contributed by atoms with Crippen molar-refractivity contribution in [1.29, 1.82) is 0 Å². The number of hydrogen-bond acceptors (Lipinski definition) is 4. The predicted molar refractivity (Wildman–Crippen MR) is 119 cm³/mol. The minimum absolute atomic E-state index is 0.120. The lowest BCUT2D eigenvalue weighted by Crippen LogP contribution is -2.51. The fraction of sp³-hybridized carbons (Fsp3) is 0.318. The maximum atomic E-state index is 12.8. The summed E-state index contributed by atoms with van der Waals surface area (Å²) in [6.45, 7) is 0.523. The van der Waals surface area contributed by atoms with Gasteiger partial charge in [-0.25, -0.2) is 9.59 Å². The molecular weight excluding hydrogens is 499 g/mol. The van der Waals surface area contributed by atoms with Crippen LogP contribution in [0.25, 0.3) is 0 Å². The third-order valence-electron chi connectivity index (χ3n) is 4.99. The Hall–Kier alpha value is -2.62. The minimum Gasteiger partial charge on any atom is -0.480 e. The van der Waals surface area contributed by atoms with Gasteiger partial charge < -0.3 is 15.2 Å². The number of nitrogens with zero attached hydrogens (tertiary/aromatic N) is 1. The van der Waals surface area contributed by atoms with Gasteiger partial charge in [-0.3, -0.25) is 9.69 Å². The van der Waals surface area contributed by atoms with Gasteiger partial charge in [-0.15, -0.1) is 0 Å². The Balaban J connectivity index is 1.61. The summed E-state index contributed by atoms with van der Waals surface area (Å²) in [7, 11) is 0. The minimum atomic E-state index is -1.11. The molecule has 1 fully saturated rings. The molecule has 8 heteroatoms. The first kappa shape index (κ1) is 22.1. The second-order valence-electron chi connectivity index (χ2n) is 7.09. The van der Waals surface area contributed by atoms with Crippen molar-refractivity contribution in [2.75, 3.05) is 6.54 Å². The van der Waals surface area contributed by atoms with Crippen molar-refractivity contribution in [1.82, 2.24) is 10.2 Å². The molecule has 0 aliphatic carbocycles. The van der Waals surface area contributed by atoms with Crippen LogP contribution in [0.3, 0.4) is 0 Å². The van der Waals surface area contributed by atoms with E-state index in [9.17, 15) is 19.5 Å². The third kappa shape index (κ3) is 5.71. The summed E-state index contributed by atoms with van der Waals surface area (Å²) in [5.74, 6) is -1.58. The number of likely N-dealkylation sites (tertiary alicyclic amines) is 1. The largest absolute Gasteiger partial charge is 0.480 e. The van der Waals surface area contributed by atoms with Crippen LogP contribution >= 0.6 is 22.6 Å². The van der Waals surface area contributed by atoms with E-state index in [1.54, 1.807) is 0 Å². The Morgan fingerprint density at radius 2 is 1.83 bits per heavy atom. The van der Waals surface area contributed by atoms with Crippen molar-refractivity contribution >= 4 is 40.6 Å². The monoisotopic (exact) mass is 522 g/mol. The second-order valence-corrected chi connectivity index (χ2v) is 8.25. The fourth-order valence-corrected chi connectivity index (χ4v) is 4.02. The molecule has 1 aliphatic heterocycles. The molecule has 0 bridgehead atoms. The van der Waals surface area contributed by atoms with Gasteiger partial charge in [0.05, 0.1) is 0 Å². The molecule has 1 heterocycles. The lowest BCUT2D eigenvalue weighted by atomic mass is 10.1. The van der Waals surface area contributed by atoms with Crippen LogP contribution in [0, 0.1) is 3.57 Å². The van der Waals surface area contributed by atoms with E-state index in [4.69, 9.17) is 4.74 Å². The van der Waals surface area contributed by atoms with E-state index >= 15 is 0 Å². The number of aliphatic carboxylic acids is 1. The number of halogens is 1. The van der Waals surface area contributed by atoms with Crippen molar-refractivity contribution in [2.45, 2.75) is 38.0 Å². The van der Waals surface area contributed by atoms with E-state index in [0.717, 1.165) is 14.7 Å². The first-order valence-corrected chi connectivity index (χ1v) is 10.8. The SMILES string of the molecule is O=C(N[C@H](Cc1ccccc1I)C(=O)O)[C@H]1CCCN1C(=O)OCc1ccccc1. The number of amides is 2. The van der Waals surface area contributed by atoms with Gasteiger partial charge in [-0.05, 0) is 52.6 Å². The number of nitrogens with one attached hydrogen (secondary N) is 1. The average Bonchev–Trinajstić information content (AvgIpc) is 3.24. The highest BCUT2D eigenvalue weighted by atomic mass is 127. The molecule has 1 aliphatic rings. The molecule has 0 spiro atoms. The lowest BCUT2D eigenvalue weighted by molar-refractivity contribution is -0.142. The Bertz CT molecular complexity index is 905. The van der Waals surface area contributed by atoms with Crippen molar-refractivity contribution in [2.24, 2.45) is 0 Å². The summed E-state index contributed by atoms with van der Waals surface area (Å²) >= 11 is 2.14. The van der Waals surface area contributed by atoms with E-state index in [1.807, 2.05) is 54.6 Å². The van der Waals surface area contributed by atoms with Gasteiger partial charge in [0.25, 0.3) is 0 Å². The number of rotatable bonds is 7. The number of carbonyl (C=O) groups is 3. The maximum Gasteiger partial charge on any atom is 0.410 e. The van der Waals surface area contributed by atoms with E-state index in [1.165, 1.54) is 4.90 Å². The molecule has 158 valence electrons. The Labute approximate surface area is 188 Å². The van der Waals surface area contributed by atoms with Gasteiger partial charge in [-0.1, -0.05) is 48.5 Å². The van der Waals surface area contributed by atoms with Crippen LogP contribution in [0.15, 0.2) is 54.6 Å². The number of carboxylic acid groups (broad SMARTS) is 1. The molecule has 0 radical (unpaired) electrons. The number of carboxylic acids is 1. The smallest absolute Gasteiger partial charge is 0.410 e. The molecule has 2 aromatic carbocycles. The van der Waals surface area contributed by atoms with Crippen molar-refractivity contribution in [3.63, 3.8) is 0 Å². The Morgan fingerprint density at radius 1 is 1.13 bits per heavy atom. The summed E-state index contributed by atoms with van der Waals surface area (Å²) in [4.78, 5) is 38.4. The van der Waals surface area contributed by atoms with Crippen LogP contribution in [0.2, 0.25) is 0 Å². The highest BCUT2D eigenvalue weighted by Gasteiger charge is 2.36. The summed E-state index contributed by atoms with van der Waals surface area (Å²) in [6.07, 6.45) is 0.737. The Morgan fingerprint density at radius 3 is 2.53 bits per heavy atom. The summed E-state index contributed by atoms with van der Waals surface area (Å²) in [5, 5.41) is 12.2. The van der Waals surface area contributed by atoms with Gasteiger partial charge in [0.2, 0.25) is 5.91 Å². The van der Waals surface area contributed by atoms with Crippen molar-refractivity contribution in [3.05, 3.63) is 69.3 Å². The maximum absolute atomic E-state index is 12.8. The molecular formula is C22H23IN2O5. The van der Waals surface area contributed by atoms with Gasteiger partial charge in [-0.2, -0.15) is 0 Å². The molecule has 2 N–H and O–H groups in total. The second kappa shape index (κ2) is 10.4. The van der Waals surface area contributed by atoms with Crippen molar-refractivity contribution < 1.29 is 24.2 Å². The quantitative estimate of drug-likeness (QED) is 0.545. The zero-order valence-electron chi connectivity index (χ0n) is 16.3. The number of carbonyl (C=O) groups excluding carboxylic acids is 2. The summed E-state index contributed by atoms with van der Waals surface area (Å²) in [6, 6.07) is 14.9. The van der Waals surface area contributed by atoms with Crippen LogP contribution in [0.1, 0.15) is 24.0 Å². The third-order valence-corrected chi connectivity index (χ3v) is 6.04. The normalized spacial score (nSPS) is 16.7. The molecule has 2 amide bonds. The Kier molecular flexibility index (Phi) is 7.67. The van der Waals surface area contributed by atoms with Crippen LogP contribution in [-0.2, 0) is 27.4 Å². The van der Waals surface area contributed by atoms with E-state index < -0.39 is 30.1 Å². The number of hydrogen-bond donors (Lipinski definition) is 2. The van der Waals surface area contributed by atoms with Crippen LogP contribution in [0.4, 0.5) is 4.79 Å². The summed E-state index contributed by atoms with van der Waals surface area (Å²) < 4.78 is 6.28. The highest BCUT2D eigenvalue weighted by Crippen LogP contribution is 2.20. The fourth-order valence-electron chi connectivity index (χ4n) is 3.41. The van der Waals surface area contributed by atoms with E-state index in [0.29, 0.717) is 19.4 Å². The van der Waals surface area contributed by atoms with Gasteiger partial charge in [0.15, 0.2) is 0 Å². The molecule has 7 nitrogen and oxygen atoms in total. The van der Waals surface area contributed by atoms with Crippen LogP contribution < -0.4 is 5.32 Å². The van der Waals surface area contributed by atoms with E-state index in [2.05, 4.69) is 27.9 Å². The zero-order valence-corrected chi connectivity index (χ0v) is 18.4. The van der Waals surface area contributed by atoms with Gasteiger partial charge in [0, 0.05) is 16.5 Å². The first-order chi connectivity index (χ1) is 14.5. The molecule has 30 heavy (non-hydrogen) atoms. The topological polar surface area (TPSA) is 95.9 Å². The van der Waals surface area contributed by atoms with Crippen LogP contribution in [-0.4, -0.2) is 46.6 Å². The van der Waals surface area contributed by atoms with E-state index in [-0.39, 0.29) is 13.0 Å². The molecule has 3 rings (SSSR count). The average molecular weight is 522 g/mol. The van der Waals surface area contributed by atoms with Crippen molar-refractivity contribution in [3.8, 4) is 0 Å². The van der Waals surface area contributed by atoms with Crippen LogP contribution in [0.5, 0.6) is 0 Å². The molecule has 0 saturated carbocycles. The molecule has 2 aromatic rings. The molecule has 2 atom stereocenters. The predicted octanol–water partition coefficient (Wildman–Crippen LogP) is 3.20. The molecule has 0 unspecified atom stereocenters.